The largest absolute Gasteiger partial charge is 0.484 e. The van der Waals surface area contributed by atoms with Gasteiger partial charge in [-0.3, -0.25) is 10.2 Å². The van der Waals surface area contributed by atoms with Gasteiger partial charge in [0.15, 0.2) is 6.21 Å². The smallest absolute Gasteiger partial charge is 0.410 e. The van der Waals surface area contributed by atoms with Crippen LogP contribution in [0.5, 0.6) is 0 Å². The molecule has 10 heteroatoms. The predicted molar refractivity (Wildman–Crippen MR) is 104 cm³/mol. The maximum atomic E-state index is 13.4. The summed E-state index contributed by atoms with van der Waals surface area (Å²) < 4.78 is 37.8. The van der Waals surface area contributed by atoms with Crippen molar-refractivity contribution in [3.63, 3.8) is 0 Å². The predicted octanol–water partition coefficient (Wildman–Crippen LogP) is 0.896. The summed E-state index contributed by atoms with van der Waals surface area (Å²) in [5.74, 6) is -2.35. The van der Waals surface area contributed by atoms with Crippen LogP contribution in [0, 0.1) is 11.6 Å². The van der Waals surface area contributed by atoms with Crippen molar-refractivity contribution < 1.29 is 33.3 Å². The van der Waals surface area contributed by atoms with Crippen LogP contribution >= 0.6 is 0 Å². The van der Waals surface area contributed by atoms with E-state index in [9.17, 15) is 18.4 Å². The summed E-state index contributed by atoms with van der Waals surface area (Å²) in [5.41, 5.74) is -0.291. The Labute approximate surface area is 172 Å². The van der Waals surface area contributed by atoms with Gasteiger partial charge in [0.1, 0.15) is 29.5 Å². The number of halogens is 2. The third kappa shape index (κ3) is 4.87. The molecule has 2 aliphatic rings. The summed E-state index contributed by atoms with van der Waals surface area (Å²) in [5, 5.41) is 8.17. The molecule has 3 rings (SSSR count). The van der Waals surface area contributed by atoms with Crippen molar-refractivity contribution in [2.45, 2.75) is 32.4 Å². The second-order valence-electron chi connectivity index (χ2n) is 8.08. The number of amides is 2. The van der Waals surface area contributed by atoms with E-state index in [0.29, 0.717) is 31.4 Å². The van der Waals surface area contributed by atoms with E-state index in [1.54, 1.807) is 25.7 Å². The van der Waals surface area contributed by atoms with Gasteiger partial charge in [0.05, 0.1) is 6.04 Å². The maximum absolute atomic E-state index is 13.4. The molecular weight excluding hydrogens is 398 g/mol. The zero-order chi connectivity index (χ0) is 22.1. The van der Waals surface area contributed by atoms with E-state index in [4.69, 9.17) is 14.9 Å². The number of rotatable bonds is 3. The molecule has 0 aromatic heterocycles. The van der Waals surface area contributed by atoms with Gasteiger partial charge in [-0.2, -0.15) is 0 Å². The highest BCUT2D eigenvalue weighted by atomic mass is 19.1. The molecule has 0 bridgehead atoms. The molecule has 8 nitrogen and oxygen atoms in total. The number of hydrogen-bond donors (Lipinski definition) is 2. The van der Waals surface area contributed by atoms with Gasteiger partial charge in [0.2, 0.25) is 5.76 Å². The Balaban J connectivity index is 1.74. The molecule has 1 atom stereocenters. The zero-order valence-electron chi connectivity index (χ0n) is 17.1. The first-order chi connectivity index (χ1) is 14.1. The van der Waals surface area contributed by atoms with Crippen molar-refractivity contribution in [2.75, 3.05) is 31.6 Å². The van der Waals surface area contributed by atoms with Crippen LogP contribution in [0.4, 0.5) is 19.3 Å². The lowest BCUT2D eigenvalue weighted by Gasteiger charge is -2.44. The molecule has 0 spiro atoms. The molecular formula is C20H25F2N4O4+. The Bertz CT molecular complexity index is 877. The van der Waals surface area contributed by atoms with E-state index in [1.807, 2.05) is 4.90 Å². The van der Waals surface area contributed by atoms with Crippen LogP contribution in [0.2, 0.25) is 0 Å². The number of fused-ring (bicyclic) bond motifs is 1. The van der Waals surface area contributed by atoms with Gasteiger partial charge < -0.3 is 24.6 Å². The number of piperazine rings is 1. The Morgan fingerprint density at radius 1 is 1.23 bits per heavy atom. The number of allylic oxidation sites excluding steroid dienone is 1. The van der Waals surface area contributed by atoms with Crippen LogP contribution in [0.15, 0.2) is 29.7 Å². The standard InChI is InChI=1S/C20H24F2N4O4/c1-20(2,3)30-19(28)25-4-5-26-15(10-25)11-29-17(16(26)9-23)18(27)24-14-7-12(21)6-13(22)8-14/h6-9,15,23H,4-5,10-11H2,1-3H3,(H,24,27)/p+1. The van der Waals surface area contributed by atoms with E-state index < -0.39 is 29.2 Å². The van der Waals surface area contributed by atoms with Crippen molar-refractivity contribution in [1.82, 2.24) is 9.80 Å². The van der Waals surface area contributed by atoms with Crippen LogP contribution in [0.3, 0.4) is 0 Å². The Morgan fingerprint density at radius 2 is 1.90 bits per heavy atom. The molecule has 2 aliphatic heterocycles. The van der Waals surface area contributed by atoms with Crippen LogP contribution in [-0.2, 0) is 14.3 Å². The van der Waals surface area contributed by atoms with Crippen molar-refractivity contribution in [2.24, 2.45) is 0 Å². The minimum atomic E-state index is -0.812. The van der Waals surface area contributed by atoms with E-state index in [-0.39, 0.29) is 24.1 Å². The Hall–Kier alpha value is -3.17. The molecule has 1 aromatic carbocycles. The topological polar surface area (TPSA) is 96.7 Å². The molecule has 1 aromatic rings. The number of ether oxygens (including phenoxy) is 2. The molecule has 162 valence electrons. The normalized spacial score (nSPS) is 19.0. The summed E-state index contributed by atoms with van der Waals surface area (Å²) in [6.45, 7) is 6.67. The van der Waals surface area contributed by atoms with Crippen molar-refractivity contribution in [3.05, 3.63) is 41.3 Å². The molecule has 3 N–H and O–H groups in total. The number of benzene rings is 1. The highest BCUT2D eigenvalue weighted by Crippen LogP contribution is 2.26. The average Bonchev–Trinajstić information content (AvgIpc) is 2.64. The zero-order valence-corrected chi connectivity index (χ0v) is 17.1. The summed E-state index contributed by atoms with van der Waals surface area (Å²) >= 11 is 0. The third-order valence-corrected chi connectivity index (χ3v) is 4.58. The first-order valence-electron chi connectivity index (χ1n) is 9.51. The SMILES string of the molecule is CC(C)(C)OC(=O)N1CCN2C(C=[NH2+])=C(C(=O)Nc3cc(F)cc(F)c3)OCC2C1. The second kappa shape index (κ2) is 8.29. The number of nitrogens with one attached hydrogen (secondary N) is 1. The lowest BCUT2D eigenvalue weighted by atomic mass is 10.1. The number of anilines is 1. The van der Waals surface area contributed by atoms with E-state index in [2.05, 4.69) is 5.32 Å². The number of carbonyl (C=O) groups is 2. The summed E-state index contributed by atoms with van der Waals surface area (Å²) in [7, 11) is 0. The van der Waals surface area contributed by atoms with Crippen LogP contribution < -0.4 is 10.7 Å². The maximum Gasteiger partial charge on any atom is 0.410 e. The number of nitrogens with two attached hydrogens (primary N) is 1. The first kappa shape index (κ1) is 21.5. The molecule has 1 unspecified atom stereocenters. The fourth-order valence-electron chi connectivity index (χ4n) is 3.36. The van der Waals surface area contributed by atoms with Gasteiger partial charge >= 0.3 is 6.09 Å². The van der Waals surface area contributed by atoms with Crippen molar-refractivity contribution in [3.8, 4) is 0 Å². The quantitative estimate of drug-likeness (QED) is 0.704. The first-order valence-corrected chi connectivity index (χ1v) is 9.51. The monoisotopic (exact) mass is 423 g/mol. The lowest BCUT2D eigenvalue weighted by Crippen LogP contribution is -2.59. The van der Waals surface area contributed by atoms with Gasteiger partial charge in [0, 0.05) is 31.4 Å². The lowest BCUT2D eigenvalue weighted by molar-refractivity contribution is -0.120. The fraction of sp³-hybridized carbons (Fsp3) is 0.450. The minimum Gasteiger partial charge on any atom is -0.484 e. The average molecular weight is 423 g/mol. The second-order valence-corrected chi connectivity index (χ2v) is 8.08. The van der Waals surface area contributed by atoms with Crippen LogP contribution in [0.25, 0.3) is 0 Å². The van der Waals surface area contributed by atoms with Gasteiger partial charge in [-0.25, -0.2) is 13.6 Å². The molecule has 2 amide bonds. The van der Waals surface area contributed by atoms with E-state index >= 15 is 0 Å². The van der Waals surface area contributed by atoms with Gasteiger partial charge in [-0.15, -0.1) is 0 Å². The molecule has 1 saturated heterocycles. The third-order valence-electron chi connectivity index (χ3n) is 4.58. The highest BCUT2D eigenvalue weighted by Gasteiger charge is 2.39. The molecule has 0 radical (unpaired) electrons. The van der Waals surface area contributed by atoms with E-state index in [1.165, 1.54) is 6.21 Å². The molecule has 0 saturated carbocycles. The molecule has 0 aliphatic carbocycles. The fourth-order valence-corrected chi connectivity index (χ4v) is 3.36. The van der Waals surface area contributed by atoms with Crippen molar-refractivity contribution >= 4 is 23.9 Å². The van der Waals surface area contributed by atoms with E-state index in [0.717, 1.165) is 12.1 Å². The summed E-state index contributed by atoms with van der Waals surface area (Å²) in [6, 6.07) is 2.49. The Morgan fingerprint density at radius 3 is 2.50 bits per heavy atom. The molecule has 2 heterocycles. The molecule has 30 heavy (non-hydrogen) atoms. The highest BCUT2D eigenvalue weighted by molar-refractivity contribution is 6.05. The summed E-state index contributed by atoms with van der Waals surface area (Å²) in [4.78, 5) is 28.5. The number of nitrogens with zero attached hydrogens (tertiary/aromatic N) is 2. The number of carbonyl (C=O) groups excluding carboxylic acids is 2. The minimum absolute atomic E-state index is 0.0400. The summed E-state index contributed by atoms with van der Waals surface area (Å²) in [6.07, 6.45) is 0.831. The van der Waals surface area contributed by atoms with Crippen LogP contribution in [-0.4, -0.2) is 65.9 Å². The van der Waals surface area contributed by atoms with Crippen LogP contribution in [0.1, 0.15) is 20.8 Å². The Kier molecular flexibility index (Phi) is 5.95. The van der Waals surface area contributed by atoms with Gasteiger partial charge in [0.25, 0.3) is 5.91 Å². The number of hydrogen-bond acceptors (Lipinski definition) is 5. The molecule has 1 fully saturated rings. The van der Waals surface area contributed by atoms with Gasteiger partial charge in [-0.1, -0.05) is 0 Å². The van der Waals surface area contributed by atoms with Crippen molar-refractivity contribution in [1.29, 1.82) is 0 Å². The van der Waals surface area contributed by atoms with Gasteiger partial charge in [-0.05, 0) is 32.9 Å².